The van der Waals surface area contributed by atoms with Gasteiger partial charge in [0.2, 0.25) is 0 Å². The molecule has 1 N–H and O–H groups in total. The molecule has 3 heteroatoms. The molecule has 1 fully saturated rings. The summed E-state index contributed by atoms with van der Waals surface area (Å²) in [5.41, 5.74) is 0. The molecule has 1 saturated heterocycles. The highest BCUT2D eigenvalue weighted by molar-refractivity contribution is 5.72. The van der Waals surface area contributed by atoms with Crippen LogP contribution in [0.15, 0.2) is 0 Å². The molecular weight excluding hydrogens is 142 g/mol. The number of carbonyl (C=O) groups excluding carboxylic acids is 1. The molecule has 0 aromatic heterocycles. The second-order valence-corrected chi connectivity index (χ2v) is 2.92. The summed E-state index contributed by atoms with van der Waals surface area (Å²) in [6, 6.07) is 0.238. The van der Waals surface area contributed by atoms with E-state index in [2.05, 4.69) is 12.2 Å². The molecule has 11 heavy (non-hydrogen) atoms. The molecule has 0 bridgehead atoms. The van der Waals surface area contributed by atoms with Crippen LogP contribution in [0.3, 0.4) is 0 Å². The van der Waals surface area contributed by atoms with Crippen LogP contribution in [0.25, 0.3) is 0 Å². The molecule has 3 nitrogen and oxygen atoms in total. The number of hydrogen-bond donors (Lipinski definition) is 1. The molecule has 0 amide bonds. The van der Waals surface area contributed by atoms with Crippen LogP contribution in [0, 0.1) is 0 Å². The van der Waals surface area contributed by atoms with E-state index in [9.17, 15) is 4.79 Å². The molecule has 0 aromatic rings. The Kier molecular flexibility index (Phi) is 2.88. The zero-order chi connectivity index (χ0) is 8.27. The van der Waals surface area contributed by atoms with Crippen LogP contribution in [0.5, 0.6) is 0 Å². The van der Waals surface area contributed by atoms with E-state index in [-0.39, 0.29) is 18.1 Å². The van der Waals surface area contributed by atoms with Gasteiger partial charge in [-0.3, -0.25) is 4.79 Å². The number of hydrogen-bond acceptors (Lipinski definition) is 3. The van der Waals surface area contributed by atoms with Crippen molar-refractivity contribution < 1.29 is 9.53 Å². The predicted octanol–water partition coefficient (Wildman–Crippen LogP) is 0.690. The summed E-state index contributed by atoms with van der Waals surface area (Å²) in [6.45, 7) is 2.10. The standard InChI is InChI=1S/C8H15NO2/c1-3-4-7-6(9-2)5-8(10)11-7/h6-7,9H,3-5H2,1-2H3. The molecule has 0 spiro atoms. The van der Waals surface area contributed by atoms with Gasteiger partial charge in [-0.2, -0.15) is 0 Å². The van der Waals surface area contributed by atoms with E-state index in [1.165, 1.54) is 0 Å². The Hall–Kier alpha value is -0.570. The fourth-order valence-corrected chi connectivity index (χ4v) is 1.44. The van der Waals surface area contributed by atoms with Gasteiger partial charge in [0.05, 0.1) is 12.5 Å². The second-order valence-electron chi connectivity index (χ2n) is 2.92. The lowest BCUT2D eigenvalue weighted by Crippen LogP contribution is -2.33. The Morgan fingerprint density at radius 1 is 1.73 bits per heavy atom. The molecule has 1 rings (SSSR count). The van der Waals surface area contributed by atoms with E-state index in [0.717, 1.165) is 12.8 Å². The van der Waals surface area contributed by atoms with Crippen LogP contribution in [0.2, 0.25) is 0 Å². The summed E-state index contributed by atoms with van der Waals surface area (Å²) >= 11 is 0. The fourth-order valence-electron chi connectivity index (χ4n) is 1.44. The van der Waals surface area contributed by atoms with Crippen LogP contribution in [-0.4, -0.2) is 25.2 Å². The third kappa shape index (κ3) is 1.93. The Morgan fingerprint density at radius 2 is 2.45 bits per heavy atom. The zero-order valence-corrected chi connectivity index (χ0v) is 7.09. The van der Waals surface area contributed by atoms with E-state index in [1.54, 1.807) is 0 Å². The van der Waals surface area contributed by atoms with Gasteiger partial charge in [-0.1, -0.05) is 13.3 Å². The van der Waals surface area contributed by atoms with Crippen molar-refractivity contribution in [3.05, 3.63) is 0 Å². The van der Waals surface area contributed by atoms with Gasteiger partial charge < -0.3 is 10.1 Å². The van der Waals surface area contributed by atoms with Gasteiger partial charge in [-0.15, -0.1) is 0 Å². The van der Waals surface area contributed by atoms with Crippen molar-refractivity contribution in [2.24, 2.45) is 0 Å². The monoisotopic (exact) mass is 157 g/mol. The molecule has 2 unspecified atom stereocenters. The normalized spacial score (nSPS) is 30.5. The van der Waals surface area contributed by atoms with Crippen LogP contribution in [0.4, 0.5) is 0 Å². The van der Waals surface area contributed by atoms with Crippen molar-refractivity contribution in [1.82, 2.24) is 5.32 Å². The maximum absolute atomic E-state index is 10.8. The van der Waals surface area contributed by atoms with E-state index in [0.29, 0.717) is 6.42 Å². The number of ether oxygens (including phenoxy) is 1. The molecule has 1 aliphatic rings. The van der Waals surface area contributed by atoms with Gasteiger partial charge in [0, 0.05) is 0 Å². The molecule has 64 valence electrons. The number of carbonyl (C=O) groups is 1. The smallest absolute Gasteiger partial charge is 0.307 e. The predicted molar refractivity (Wildman–Crippen MR) is 42.3 cm³/mol. The van der Waals surface area contributed by atoms with Crippen molar-refractivity contribution in [1.29, 1.82) is 0 Å². The van der Waals surface area contributed by atoms with Gasteiger partial charge in [0.15, 0.2) is 0 Å². The van der Waals surface area contributed by atoms with Crippen molar-refractivity contribution in [3.63, 3.8) is 0 Å². The third-order valence-electron chi connectivity index (χ3n) is 2.06. The highest BCUT2D eigenvalue weighted by atomic mass is 16.6. The van der Waals surface area contributed by atoms with Crippen LogP contribution in [0.1, 0.15) is 26.2 Å². The Balaban J connectivity index is 2.43. The van der Waals surface area contributed by atoms with E-state index in [4.69, 9.17) is 4.74 Å². The van der Waals surface area contributed by atoms with Crippen LogP contribution in [-0.2, 0) is 9.53 Å². The van der Waals surface area contributed by atoms with Gasteiger partial charge in [0.1, 0.15) is 6.10 Å². The quantitative estimate of drug-likeness (QED) is 0.612. The van der Waals surface area contributed by atoms with E-state index >= 15 is 0 Å². The summed E-state index contributed by atoms with van der Waals surface area (Å²) in [6.07, 6.45) is 2.67. The summed E-state index contributed by atoms with van der Waals surface area (Å²) < 4.78 is 5.10. The molecule has 0 saturated carbocycles. The summed E-state index contributed by atoms with van der Waals surface area (Å²) in [4.78, 5) is 10.8. The maximum atomic E-state index is 10.8. The molecule has 0 aromatic carbocycles. The lowest BCUT2D eigenvalue weighted by atomic mass is 10.1. The van der Waals surface area contributed by atoms with Crippen molar-refractivity contribution in [2.75, 3.05) is 7.05 Å². The molecule has 0 aliphatic carbocycles. The third-order valence-corrected chi connectivity index (χ3v) is 2.06. The van der Waals surface area contributed by atoms with E-state index < -0.39 is 0 Å². The number of cyclic esters (lactones) is 1. The van der Waals surface area contributed by atoms with Gasteiger partial charge >= 0.3 is 5.97 Å². The second kappa shape index (κ2) is 3.72. The topological polar surface area (TPSA) is 38.3 Å². The highest BCUT2D eigenvalue weighted by Crippen LogP contribution is 2.18. The van der Waals surface area contributed by atoms with Crippen molar-refractivity contribution >= 4 is 5.97 Å². The molecule has 1 heterocycles. The minimum Gasteiger partial charge on any atom is -0.461 e. The largest absolute Gasteiger partial charge is 0.461 e. The van der Waals surface area contributed by atoms with Crippen LogP contribution < -0.4 is 5.32 Å². The lowest BCUT2D eigenvalue weighted by Gasteiger charge is -2.14. The number of nitrogens with one attached hydrogen (secondary N) is 1. The SMILES string of the molecule is CCCC1OC(=O)CC1NC. The van der Waals surface area contributed by atoms with Crippen molar-refractivity contribution in [2.45, 2.75) is 38.3 Å². The minimum atomic E-state index is -0.0669. The molecular formula is C8H15NO2. The first-order valence-corrected chi connectivity index (χ1v) is 4.14. The first-order chi connectivity index (χ1) is 5.27. The molecule has 1 aliphatic heterocycles. The Morgan fingerprint density at radius 3 is 3.00 bits per heavy atom. The van der Waals surface area contributed by atoms with Gasteiger partial charge in [-0.05, 0) is 13.5 Å². The minimum absolute atomic E-state index is 0.0669. The zero-order valence-electron chi connectivity index (χ0n) is 7.09. The highest BCUT2D eigenvalue weighted by Gasteiger charge is 2.32. The average Bonchev–Trinajstić information content (AvgIpc) is 2.32. The van der Waals surface area contributed by atoms with Crippen LogP contribution >= 0.6 is 0 Å². The van der Waals surface area contributed by atoms with Crippen molar-refractivity contribution in [3.8, 4) is 0 Å². The fraction of sp³-hybridized carbons (Fsp3) is 0.875. The van der Waals surface area contributed by atoms with E-state index in [1.807, 2.05) is 7.05 Å². The Labute approximate surface area is 67.1 Å². The van der Waals surface area contributed by atoms with Gasteiger partial charge in [0.25, 0.3) is 0 Å². The number of likely N-dealkylation sites (N-methyl/N-ethyl adjacent to an activating group) is 1. The number of esters is 1. The first kappa shape index (κ1) is 8.53. The summed E-state index contributed by atoms with van der Waals surface area (Å²) in [5, 5.41) is 3.08. The van der Waals surface area contributed by atoms with Gasteiger partial charge in [-0.25, -0.2) is 0 Å². The Bertz CT molecular complexity index is 147. The average molecular weight is 157 g/mol. The summed E-state index contributed by atoms with van der Waals surface area (Å²) in [7, 11) is 1.87. The summed E-state index contributed by atoms with van der Waals surface area (Å²) in [5.74, 6) is -0.0669. The number of rotatable bonds is 3. The maximum Gasteiger partial charge on any atom is 0.307 e. The molecule has 0 radical (unpaired) electrons. The first-order valence-electron chi connectivity index (χ1n) is 4.14. The lowest BCUT2D eigenvalue weighted by molar-refractivity contribution is -0.141. The molecule has 2 atom stereocenters.